The third-order valence-corrected chi connectivity index (χ3v) is 3.24. The van der Waals surface area contributed by atoms with Crippen molar-refractivity contribution >= 4 is 10.9 Å². The van der Waals surface area contributed by atoms with Crippen LogP contribution in [0.25, 0.3) is 10.9 Å². The molecule has 0 spiro atoms. The van der Waals surface area contributed by atoms with Gasteiger partial charge in [-0.25, -0.2) is 0 Å². The van der Waals surface area contributed by atoms with Gasteiger partial charge in [0, 0.05) is 37.8 Å². The second kappa shape index (κ2) is 6.47. The summed E-state index contributed by atoms with van der Waals surface area (Å²) in [6, 6.07) is 12.1. The van der Waals surface area contributed by atoms with Gasteiger partial charge in [0.05, 0.1) is 5.52 Å². The van der Waals surface area contributed by atoms with Gasteiger partial charge < -0.3 is 9.80 Å². The molecule has 0 amide bonds. The molecule has 3 rings (SSSR count). The molecule has 18 heavy (non-hydrogen) atoms. The Bertz CT molecular complexity index is 400. The van der Waals surface area contributed by atoms with Crippen LogP contribution in [-0.4, -0.2) is 55.1 Å². The summed E-state index contributed by atoms with van der Waals surface area (Å²) in [5, 5.41) is 1.20. The molecule has 0 radical (unpaired) electrons. The molecule has 0 atom stereocenters. The maximum absolute atomic E-state index is 4.18. The van der Waals surface area contributed by atoms with E-state index in [0.717, 1.165) is 5.52 Å². The van der Waals surface area contributed by atoms with Gasteiger partial charge >= 0.3 is 0 Å². The summed E-state index contributed by atoms with van der Waals surface area (Å²) < 4.78 is 0. The summed E-state index contributed by atoms with van der Waals surface area (Å²) >= 11 is 0. The van der Waals surface area contributed by atoms with E-state index in [-0.39, 0.29) is 0 Å². The number of rotatable bonds is 0. The van der Waals surface area contributed by atoms with Crippen LogP contribution in [0.15, 0.2) is 42.6 Å². The Hall–Kier alpha value is -1.45. The summed E-state index contributed by atoms with van der Waals surface area (Å²) in [5.74, 6) is 0. The van der Waals surface area contributed by atoms with Gasteiger partial charge in [-0.1, -0.05) is 24.3 Å². The van der Waals surface area contributed by atoms with E-state index in [1.165, 1.54) is 31.6 Å². The minimum atomic E-state index is 1.06. The first-order valence-corrected chi connectivity index (χ1v) is 6.42. The Labute approximate surface area is 109 Å². The lowest BCUT2D eigenvalue weighted by atomic mass is 10.2. The van der Waals surface area contributed by atoms with Crippen molar-refractivity contribution in [1.82, 2.24) is 14.8 Å². The van der Waals surface area contributed by atoms with Crippen molar-refractivity contribution in [3.63, 3.8) is 0 Å². The van der Waals surface area contributed by atoms with Gasteiger partial charge in [0.15, 0.2) is 0 Å². The van der Waals surface area contributed by atoms with Gasteiger partial charge in [0.1, 0.15) is 0 Å². The topological polar surface area (TPSA) is 19.4 Å². The molecule has 96 valence electrons. The molecule has 3 heteroatoms. The van der Waals surface area contributed by atoms with E-state index in [1.807, 2.05) is 30.5 Å². The molecule has 0 bridgehead atoms. The molecule has 3 nitrogen and oxygen atoms in total. The lowest BCUT2D eigenvalue weighted by Gasteiger charge is -2.28. The van der Waals surface area contributed by atoms with Gasteiger partial charge in [0.25, 0.3) is 0 Å². The SMILES string of the molecule is CN1CCN(C)CC1.c1ccc2ncccc2c1. The van der Waals surface area contributed by atoms with Crippen LogP contribution in [0.2, 0.25) is 0 Å². The Morgan fingerprint density at radius 3 is 2.00 bits per heavy atom. The maximum Gasteiger partial charge on any atom is 0.0701 e. The quantitative estimate of drug-likeness (QED) is 0.706. The molecular weight excluding hydrogens is 222 g/mol. The van der Waals surface area contributed by atoms with Crippen LogP contribution in [0.4, 0.5) is 0 Å². The molecule has 1 fully saturated rings. The Morgan fingerprint density at radius 2 is 1.39 bits per heavy atom. The number of pyridine rings is 1. The fourth-order valence-electron chi connectivity index (χ4n) is 1.92. The molecule has 0 unspecified atom stereocenters. The van der Waals surface area contributed by atoms with E-state index in [0.29, 0.717) is 0 Å². The van der Waals surface area contributed by atoms with E-state index in [1.54, 1.807) is 0 Å². The van der Waals surface area contributed by atoms with Gasteiger partial charge in [-0.3, -0.25) is 4.98 Å². The van der Waals surface area contributed by atoms with Crippen molar-refractivity contribution in [3.8, 4) is 0 Å². The van der Waals surface area contributed by atoms with E-state index >= 15 is 0 Å². The van der Waals surface area contributed by atoms with Crippen molar-refractivity contribution < 1.29 is 0 Å². The average molecular weight is 243 g/mol. The summed E-state index contributed by atoms with van der Waals surface area (Å²) in [5.41, 5.74) is 1.06. The molecule has 0 aliphatic carbocycles. The number of hydrogen-bond donors (Lipinski definition) is 0. The lowest BCUT2D eigenvalue weighted by Crippen LogP contribution is -2.42. The Morgan fingerprint density at radius 1 is 0.833 bits per heavy atom. The van der Waals surface area contributed by atoms with Crippen molar-refractivity contribution in [1.29, 1.82) is 0 Å². The minimum absolute atomic E-state index is 1.06. The fourth-order valence-corrected chi connectivity index (χ4v) is 1.92. The number of aromatic nitrogens is 1. The first-order valence-electron chi connectivity index (χ1n) is 6.42. The van der Waals surface area contributed by atoms with Gasteiger partial charge in [-0.05, 0) is 26.2 Å². The smallest absolute Gasteiger partial charge is 0.0701 e. The summed E-state index contributed by atoms with van der Waals surface area (Å²) in [6.07, 6.45) is 1.81. The lowest BCUT2D eigenvalue weighted by molar-refractivity contribution is 0.181. The second-order valence-corrected chi connectivity index (χ2v) is 4.80. The number of nitrogens with zero attached hydrogens (tertiary/aromatic N) is 3. The maximum atomic E-state index is 4.18. The van der Waals surface area contributed by atoms with Crippen LogP contribution < -0.4 is 0 Å². The number of piperazine rings is 1. The highest BCUT2D eigenvalue weighted by atomic mass is 15.2. The molecule has 1 saturated heterocycles. The van der Waals surface area contributed by atoms with E-state index in [4.69, 9.17) is 0 Å². The Balaban J connectivity index is 0.000000138. The molecule has 1 aromatic heterocycles. The molecule has 2 aromatic rings. The molecule has 2 heterocycles. The van der Waals surface area contributed by atoms with Crippen LogP contribution in [0.3, 0.4) is 0 Å². The minimum Gasteiger partial charge on any atom is -0.304 e. The van der Waals surface area contributed by atoms with E-state index in [2.05, 4.69) is 41.0 Å². The zero-order chi connectivity index (χ0) is 12.8. The van der Waals surface area contributed by atoms with Crippen LogP contribution in [0.5, 0.6) is 0 Å². The van der Waals surface area contributed by atoms with Crippen molar-refractivity contribution in [2.75, 3.05) is 40.3 Å². The summed E-state index contributed by atoms with van der Waals surface area (Å²) in [4.78, 5) is 8.90. The molecule has 0 saturated carbocycles. The number of benzene rings is 1. The van der Waals surface area contributed by atoms with Crippen LogP contribution in [0.1, 0.15) is 0 Å². The van der Waals surface area contributed by atoms with Crippen molar-refractivity contribution in [2.24, 2.45) is 0 Å². The van der Waals surface area contributed by atoms with E-state index in [9.17, 15) is 0 Å². The monoisotopic (exact) mass is 243 g/mol. The van der Waals surface area contributed by atoms with Gasteiger partial charge in [0.2, 0.25) is 0 Å². The molecule has 1 aliphatic rings. The molecular formula is C15H21N3. The molecule has 0 N–H and O–H groups in total. The number of fused-ring (bicyclic) bond motifs is 1. The van der Waals surface area contributed by atoms with Crippen molar-refractivity contribution in [2.45, 2.75) is 0 Å². The highest BCUT2D eigenvalue weighted by molar-refractivity contribution is 5.77. The second-order valence-electron chi connectivity index (χ2n) is 4.80. The molecule has 1 aromatic carbocycles. The third kappa shape index (κ3) is 3.79. The van der Waals surface area contributed by atoms with Gasteiger partial charge in [-0.15, -0.1) is 0 Å². The highest BCUT2D eigenvalue weighted by Gasteiger charge is 2.07. The highest BCUT2D eigenvalue weighted by Crippen LogP contribution is 2.07. The van der Waals surface area contributed by atoms with Crippen LogP contribution in [0, 0.1) is 0 Å². The number of hydrogen-bond acceptors (Lipinski definition) is 3. The third-order valence-electron chi connectivity index (χ3n) is 3.24. The number of likely N-dealkylation sites (N-methyl/N-ethyl adjacent to an activating group) is 2. The zero-order valence-electron chi connectivity index (χ0n) is 11.2. The fraction of sp³-hybridized carbons (Fsp3) is 0.400. The standard InChI is InChI=1S/C9H7N.C6H14N2/c1-2-6-9-8(4-1)5-3-7-10-9;1-7-3-5-8(2)6-4-7/h1-7H;3-6H2,1-2H3. The Kier molecular flexibility index (Phi) is 4.67. The zero-order valence-corrected chi connectivity index (χ0v) is 11.2. The summed E-state index contributed by atoms with van der Waals surface area (Å²) in [7, 11) is 4.35. The van der Waals surface area contributed by atoms with Crippen molar-refractivity contribution in [3.05, 3.63) is 42.6 Å². The normalized spacial score (nSPS) is 17.2. The van der Waals surface area contributed by atoms with E-state index < -0.39 is 0 Å². The molecule has 1 aliphatic heterocycles. The number of para-hydroxylation sites is 1. The predicted octanol–water partition coefficient (Wildman–Crippen LogP) is 2.10. The van der Waals surface area contributed by atoms with Gasteiger partial charge in [-0.2, -0.15) is 0 Å². The van der Waals surface area contributed by atoms with Crippen LogP contribution in [-0.2, 0) is 0 Å². The predicted molar refractivity (Wildman–Crippen MR) is 76.7 cm³/mol. The van der Waals surface area contributed by atoms with Crippen LogP contribution >= 0.6 is 0 Å². The first kappa shape index (κ1) is 13.0. The summed E-state index contributed by atoms with van der Waals surface area (Å²) in [6.45, 7) is 4.93. The largest absolute Gasteiger partial charge is 0.304 e. The average Bonchev–Trinajstić information content (AvgIpc) is 2.43. The first-order chi connectivity index (χ1) is 8.75.